The van der Waals surface area contributed by atoms with E-state index in [1.165, 1.54) is 17.6 Å². The van der Waals surface area contributed by atoms with Gasteiger partial charge in [0.25, 0.3) is 5.56 Å². The Labute approximate surface area is 160 Å². The van der Waals surface area contributed by atoms with Crippen LogP contribution in [-0.4, -0.2) is 26.6 Å². The first-order valence-electron chi connectivity index (χ1n) is 8.80. The van der Waals surface area contributed by atoms with Crippen molar-refractivity contribution in [3.05, 3.63) is 62.8 Å². The summed E-state index contributed by atoms with van der Waals surface area (Å²) in [7, 11) is 0. The molecule has 0 fully saturated rings. The van der Waals surface area contributed by atoms with Crippen LogP contribution < -0.4 is 11.2 Å². The van der Waals surface area contributed by atoms with Gasteiger partial charge in [-0.05, 0) is 19.4 Å². The Morgan fingerprint density at radius 1 is 1.32 bits per heavy atom. The third kappa shape index (κ3) is 3.55. The number of hydrogen-bond donors (Lipinski definition) is 1. The molecule has 0 radical (unpaired) electrons. The number of aromatic amines is 1. The number of esters is 1. The van der Waals surface area contributed by atoms with Gasteiger partial charge in [-0.2, -0.15) is 5.26 Å². The van der Waals surface area contributed by atoms with E-state index in [9.17, 15) is 14.4 Å². The van der Waals surface area contributed by atoms with Crippen molar-refractivity contribution in [3.63, 3.8) is 0 Å². The molecule has 3 rings (SSSR count). The quantitative estimate of drug-likeness (QED) is 0.680. The van der Waals surface area contributed by atoms with E-state index in [-0.39, 0.29) is 16.6 Å². The summed E-state index contributed by atoms with van der Waals surface area (Å²) in [6.07, 6.45) is -0.361. The normalized spacial score (nSPS) is 11.8. The highest BCUT2D eigenvalue weighted by Gasteiger charge is 2.22. The number of pyridine rings is 1. The minimum atomic E-state index is -0.989. The predicted molar refractivity (Wildman–Crippen MR) is 103 cm³/mol. The zero-order valence-electron chi connectivity index (χ0n) is 15.4. The molecule has 3 aromatic rings. The molecule has 0 unspecified atom stereocenters. The third-order valence-electron chi connectivity index (χ3n) is 4.15. The average Bonchev–Trinajstić information content (AvgIpc) is 2.70. The molecule has 8 heteroatoms. The highest BCUT2D eigenvalue weighted by molar-refractivity contribution is 6.03. The van der Waals surface area contributed by atoms with Crippen LogP contribution >= 0.6 is 0 Å². The fourth-order valence-electron chi connectivity index (χ4n) is 2.87. The lowest BCUT2D eigenvalue weighted by Gasteiger charge is -2.13. The first-order chi connectivity index (χ1) is 13.5. The zero-order chi connectivity index (χ0) is 20.3. The van der Waals surface area contributed by atoms with E-state index >= 15 is 0 Å². The Bertz CT molecular complexity index is 1190. The number of ether oxygens (including phenoxy) is 1. The molecule has 0 amide bonds. The van der Waals surface area contributed by atoms with Gasteiger partial charge in [0.1, 0.15) is 6.07 Å². The van der Waals surface area contributed by atoms with E-state index < -0.39 is 23.3 Å². The number of fused-ring (bicyclic) bond motifs is 1. The molecule has 2 aromatic heterocycles. The van der Waals surface area contributed by atoms with Gasteiger partial charge in [-0.1, -0.05) is 37.3 Å². The van der Waals surface area contributed by atoms with E-state index in [2.05, 4.69) is 9.97 Å². The molecule has 142 valence electrons. The van der Waals surface area contributed by atoms with Crippen LogP contribution in [0.4, 0.5) is 0 Å². The number of nitriles is 1. The second-order valence-corrected chi connectivity index (χ2v) is 6.21. The Hall–Kier alpha value is -3.73. The number of carbonyl (C=O) groups is 1. The molecule has 0 spiro atoms. The van der Waals surface area contributed by atoms with Gasteiger partial charge in [0.2, 0.25) is 0 Å². The van der Waals surface area contributed by atoms with Crippen LogP contribution in [0.2, 0.25) is 0 Å². The number of nitrogens with zero attached hydrogens (tertiary/aromatic N) is 3. The molecule has 0 aliphatic heterocycles. The van der Waals surface area contributed by atoms with Gasteiger partial charge in [0.15, 0.2) is 11.8 Å². The highest BCUT2D eigenvalue weighted by atomic mass is 16.5. The lowest BCUT2D eigenvalue weighted by atomic mass is 10.1. The molecule has 0 bridgehead atoms. The first kappa shape index (κ1) is 19.0. The zero-order valence-corrected chi connectivity index (χ0v) is 15.4. The first-order valence-corrected chi connectivity index (χ1v) is 8.80. The SMILES string of the molecule is CCCn1c(=O)[nH]c(=O)c2c(C(=O)O[C@H](C)C#N)cc(-c3ccccc3)nc21. The third-order valence-corrected chi connectivity index (χ3v) is 4.15. The van der Waals surface area contributed by atoms with Crippen molar-refractivity contribution in [2.45, 2.75) is 32.9 Å². The van der Waals surface area contributed by atoms with Gasteiger partial charge >= 0.3 is 11.7 Å². The molecule has 0 aliphatic carbocycles. The summed E-state index contributed by atoms with van der Waals surface area (Å²) in [5.41, 5.74) is -0.134. The van der Waals surface area contributed by atoms with Crippen LogP contribution in [0.1, 0.15) is 30.6 Å². The number of hydrogen-bond acceptors (Lipinski definition) is 6. The summed E-state index contributed by atoms with van der Waals surface area (Å²) < 4.78 is 6.43. The van der Waals surface area contributed by atoms with Crippen LogP contribution in [0.5, 0.6) is 0 Å². The van der Waals surface area contributed by atoms with Gasteiger partial charge in [-0.15, -0.1) is 0 Å². The van der Waals surface area contributed by atoms with Crippen LogP contribution in [-0.2, 0) is 11.3 Å². The number of benzene rings is 1. The van der Waals surface area contributed by atoms with Crippen molar-refractivity contribution in [3.8, 4) is 17.3 Å². The van der Waals surface area contributed by atoms with Gasteiger partial charge < -0.3 is 4.74 Å². The summed E-state index contributed by atoms with van der Waals surface area (Å²) >= 11 is 0. The molecule has 2 heterocycles. The fourth-order valence-corrected chi connectivity index (χ4v) is 2.87. The van der Waals surface area contributed by atoms with Crippen molar-refractivity contribution >= 4 is 17.0 Å². The van der Waals surface area contributed by atoms with Crippen molar-refractivity contribution in [2.75, 3.05) is 0 Å². The number of carbonyl (C=O) groups excluding carboxylic acids is 1. The minimum Gasteiger partial charge on any atom is -0.444 e. The molecular formula is C20H18N4O4. The average molecular weight is 378 g/mol. The number of nitrogens with one attached hydrogen (secondary N) is 1. The minimum absolute atomic E-state index is 0.0390. The maximum absolute atomic E-state index is 12.7. The smallest absolute Gasteiger partial charge is 0.340 e. The van der Waals surface area contributed by atoms with E-state index in [0.29, 0.717) is 24.2 Å². The molecule has 8 nitrogen and oxygen atoms in total. The van der Waals surface area contributed by atoms with Crippen molar-refractivity contribution in [2.24, 2.45) is 0 Å². The van der Waals surface area contributed by atoms with E-state index in [0.717, 1.165) is 0 Å². The van der Waals surface area contributed by atoms with Crippen molar-refractivity contribution < 1.29 is 9.53 Å². The monoisotopic (exact) mass is 378 g/mol. The Morgan fingerprint density at radius 2 is 2.04 bits per heavy atom. The van der Waals surface area contributed by atoms with E-state index in [1.54, 1.807) is 12.1 Å². The molecule has 0 aliphatic rings. The summed E-state index contributed by atoms with van der Waals surface area (Å²) in [5, 5.41) is 8.89. The Morgan fingerprint density at radius 3 is 2.68 bits per heavy atom. The number of H-pyrrole nitrogens is 1. The van der Waals surface area contributed by atoms with Crippen LogP contribution in [0, 0.1) is 11.3 Å². The van der Waals surface area contributed by atoms with Gasteiger partial charge in [0, 0.05) is 12.1 Å². The van der Waals surface area contributed by atoms with Gasteiger partial charge in [0.05, 0.1) is 16.6 Å². The van der Waals surface area contributed by atoms with Gasteiger partial charge in [-0.3, -0.25) is 14.3 Å². The largest absolute Gasteiger partial charge is 0.444 e. The number of rotatable bonds is 5. The fraction of sp³-hybridized carbons (Fsp3) is 0.250. The van der Waals surface area contributed by atoms with Crippen LogP contribution in [0.3, 0.4) is 0 Å². The molecular weight excluding hydrogens is 360 g/mol. The molecule has 1 atom stereocenters. The second kappa shape index (κ2) is 7.88. The number of aryl methyl sites for hydroxylation is 1. The predicted octanol–water partition coefficient (Wildman–Crippen LogP) is 2.23. The van der Waals surface area contributed by atoms with Gasteiger partial charge in [-0.25, -0.2) is 14.6 Å². The Balaban J connectivity index is 2.38. The summed E-state index contributed by atoms with van der Waals surface area (Å²) in [5.74, 6) is -0.828. The molecule has 0 saturated heterocycles. The highest BCUT2D eigenvalue weighted by Crippen LogP contribution is 2.23. The van der Waals surface area contributed by atoms with E-state index in [1.807, 2.05) is 31.2 Å². The van der Waals surface area contributed by atoms with Crippen LogP contribution in [0.15, 0.2) is 46.0 Å². The maximum atomic E-state index is 12.7. The lowest BCUT2D eigenvalue weighted by Crippen LogP contribution is -2.32. The standard InChI is InChI=1S/C20H18N4O4/c1-3-9-24-17-16(18(25)23-20(24)27)14(19(26)28-12(2)11-21)10-15(22-17)13-7-5-4-6-8-13/h4-8,10,12H,3,9H2,1-2H3,(H,23,25,27)/t12-/m1/s1. The number of aromatic nitrogens is 3. The Kier molecular flexibility index (Phi) is 5.36. The van der Waals surface area contributed by atoms with Crippen molar-refractivity contribution in [1.29, 1.82) is 5.26 Å². The lowest BCUT2D eigenvalue weighted by molar-refractivity contribution is 0.0437. The summed E-state index contributed by atoms with van der Waals surface area (Å²) in [4.78, 5) is 44.2. The van der Waals surface area contributed by atoms with Crippen LogP contribution in [0.25, 0.3) is 22.3 Å². The van der Waals surface area contributed by atoms with E-state index in [4.69, 9.17) is 10.00 Å². The molecule has 1 N–H and O–H groups in total. The molecule has 1 aromatic carbocycles. The second-order valence-electron chi connectivity index (χ2n) is 6.21. The van der Waals surface area contributed by atoms with Crippen molar-refractivity contribution in [1.82, 2.24) is 14.5 Å². The maximum Gasteiger partial charge on any atom is 0.340 e. The summed E-state index contributed by atoms with van der Waals surface area (Å²) in [6.45, 7) is 3.63. The molecule has 28 heavy (non-hydrogen) atoms. The topological polar surface area (TPSA) is 118 Å². The molecule has 0 saturated carbocycles. The summed E-state index contributed by atoms with van der Waals surface area (Å²) in [6, 6.07) is 12.3.